The molecule has 1 heterocycles. The highest BCUT2D eigenvalue weighted by molar-refractivity contribution is 5.85. The highest BCUT2D eigenvalue weighted by atomic mass is 35.5. The van der Waals surface area contributed by atoms with Crippen molar-refractivity contribution in [2.75, 3.05) is 6.54 Å². The molecule has 2 unspecified atom stereocenters. The number of nitrogens with one attached hydrogen (secondary N) is 2. The highest BCUT2D eigenvalue weighted by Crippen LogP contribution is 2.31. The van der Waals surface area contributed by atoms with Gasteiger partial charge in [-0.05, 0) is 45.1 Å². The van der Waals surface area contributed by atoms with E-state index >= 15 is 0 Å². The second-order valence-corrected chi connectivity index (χ2v) is 7.13. The molecule has 2 rings (SSSR count). The van der Waals surface area contributed by atoms with Crippen LogP contribution in [-0.4, -0.2) is 24.5 Å². The molecular formula is C17H33ClN2O. The fourth-order valence-electron chi connectivity index (χ4n) is 3.91. The van der Waals surface area contributed by atoms with E-state index in [1.165, 1.54) is 32.1 Å². The van der Waals surface area contributed by atoms with Gasteiger partial charge in [-0.1, -0.05) is 39.0 Å². The van der Waals surface area contributed by atoms with Crippen molar-refractivity contribution in [3.63, 3.8) is 0 Å². The second kappa shape index (κ2) is 8.99. The van der Waals surface area contributed by atoms with Crippen molar-refractivity contribution in [3.05, 3.63) is 0 Å². The molecule has 124 valence electrons. The monoisotopic (exact) mass is 316 g/mol. The van der Waals surface area contributed by atoms with E-state index in [4.69, 9.17) is 0 Å². The van der Waals surface area contributed by atoms with E-state index < -0.39 is 0 Å². The summed E-state index contributed by atoms with van der Waals surface area (Å²) in [6, 6.07) is 0.793. The van der Waals surface area contributed by atoms with Crippen LogP contribution in [0.15, 0.2) is 0 Å². The summed E-state index contributed by atoms with van der Waals surface area (Å²) < 4.78 is 0. The summed E-state index contributed by atoms with van der Waals surface area (Å²) in [5, 5.41) is 6.72. The standard InChI is InChI=1S/C17H32N2O.ClH/c1-12-11-16(9-10-18-12)17(20)19-14(3)13(2)15-7-5-4-6-8-15;/h12-16,18H,4-11H2,1-3H3,(H,19,20);1H/t12-,13?,14?,16-;/m0./s1. The van der Waals surface area contributed by atoms with Crippen molar-refractivity contribution in [2.45, 2.75) is 77.8 Å². The molecule has 2 N–H and O–H groups in total. The lowest BCUT2D eigenvalue weighted by Crippen LogP contribution is -2.47. The van der Waals surface area contributed by atoms with Crippen LogP contribution in [0.2, 0.25) is 0 Å². The Morgan fingerprint density at radius 2 is 1.81 bits per heavy atom. The van der Waals surface area contributed by atoms with Crippen LogP contribution in [0, 0.1) is 17.8 Å². The predicted octanol–water partition coefficient (Wildman–Crippen LogP) is 3.52. The first-order chi connectivity index (χ1) is 9.58. The third-order valence-corrected chi connectivity index (χ3v) is 5.55. The first-order valence-electron chi connectivity index (χ1n) is 8.61. The third-order valence-electron chi connectivity index (χ3n) is 5.55. The molecule has 0 aromatic rings. The number of hydrogen-bond donors (Lipinski definition) is 2. The molecule has 0 aromatic heterocycles. The molecular weight excluding hydrogens is 284 g/mol. The van der Waals surface area contributed by atoms with Gasteiger partial charge >= 0.3 is 0 Å². The largest absolute Gasteiger partial charge is 0.353 e. The van der Waals surface area contributed by atoms with Crippen LogP contribution < -0.4 is 10.6 Å². The van der Waals surface area contributed by atoms with Gasteiger partial charge in [-0.25, -0.2) is 0 Å². The number of amides is 1. The van der Waals surface area contributed by atoms with Crippen molar-refractivity contribution in [1.82, 2.24) is 10.6 Å². The molecule has 0 radical (unpaired) electrons. The van der Waals surface area contributed by atoms with Gasteiger partial charge in [-0.2, -0.15) is 0 Å². The molecule has 1 aliphatic carbocycles. The van der Waals surface area contributed by atoms with E-state index in [0.717, 1.165) is 25.3 Å². The van der Waals surface area contributed by atoms with Gasteiger partial charge in [0.15, 0.2) is 0 Å². The number of halogens is 1. The Morgan fingerprint density at radius 1 is 1.14 bits per heavy atom. The van der Waals surface area contributed by atoms with Gasteiger partial charge in [0, 0.05) is 18.0 Å². The quantitative estimate of drug-likeness (QED) is 0.833. The van der Waals surface area contributed by atoms with Crippen molar-refractivity contribution in [2.24, 2.45) is 17.8 Å². The summed E-state index contributed by atoms with van der Waals surface area (Å²) >= 11 is 0. The van der Waals surface area contributed by atoms with Gasteiger partial charge in [-0.3, -0.25) is 4.79 Å². The van der Waals surface area contributed by atoms with Crippen molar-refractivity contribution in [1.29, 1.82) is 0 Å². The summed E-state index contributed by atoms with van der Waals surface area (Å²) in [4.78, 5) is 12.4. The van der Waals surface area contributed by atoms with Crippen molar-refractivity contribution in [3.8, 4) is 0 Å². The summed E-state index contributed by atoms with van der Waals surface area (Å²) in [5.41, 5.74) is 0. The zero-order chi connectivity index (χ0) is 14.5. The topological polar surface area (TPSA) is 41.1 Å². The van der Waals surface area contributed by atoms with Crippen LogP contribution in [0.5, 0.6) is 0 Å². The average molecular weight is 317 g/mol. The van der Waals surface area contributed by atoms with Gasteiger partial charge < -0.3 is 10.6 Å². The van der Waals surface area contributed by atoms with E-state index in [1.807, 2.05) is 0 Å². The zero-order valence-electron chi connectivity index (χ0n) is 13.9. The molecule has 0 bridgehead atoms. The van der Waals surface area contributed by atoms with E-state index in [2.05, 4.69) is 31.4 Å². The maximum absolute atomic E-state index is 12.4. The van der Waals surface area contributed by atoms with Gasteiger partial charge in [0.25, 0.3) is 0 Å². The van der Waals surface area contributed by atoms with Gasteiger partial charge in [0.05, 0.1) is 0 Å². The van der Waals surface area contributed by atoms with Gasteiger partial charge in [0.2, 0.25) is 5.91 Å². The van der Waals surface area contributed by atoms with Crippen molar-refractivity contribution >= 4 is 18.3 Å². The lowest BCUT2D eigenvalue weighted by molar-refractivity contribution is -0.127. The molecule has 1 saturated carbocycles. The molecule has 1 aliphatic heterocycles. The van der Waals surface area contributed by atoms with Crippen LogP contribution in [0.3, 0.4) is 0 Å². The highest BCUT2D eigenvalue weighted by Gasteiger charge is 2.29. The minimum Gasteiger partial charge on any atom is -0.353 e. The van der Waals surface area contributed by atoms with Crippen LogP contribution >= 0.6 is 12.4 Å². The molecule has 1 saturated heterocycles. The summed E-state index contributed by atoms with van der Waals surface area (Å²) in [6.07, 6.45) is 8.83. The fraction of sp³-hybridized carbons (Fsp3) is 0.941. The summed E-state index contributed by atoms with van der Waals surface area (Å²) in [6.45, 7) is 7.67. The maximum atomic E-state index is 12.4. The van der Waals surface area contributed by atoms with Crippen LogP contribution in [0.4, 0.5) is 0 Å². The zero-order valence-corrected chi connectivity index (χ0v) is 14.7. The third kappa shape index (κ3) is 5.45. The number of piperidine rings is 1. The molecule has 4 heteroatoms. The van der Waals surface area contributed by atoms with Crippen LogP contribution in [0.1, 0.15) is 65.7 Å². The summed E-state index contributed by atoms with van der Waals surface area (Å²) in [7, 11) is 0. The lowest BCUT2D eigenvalue weighted by Gasteiger charge is -2.34. The molecule has 0 aromatic carbocycles. The van der Waals surface area contributed by atoms with Crippen molar-refractivity contribution < 1.29 is 4.79 Å². The van der Waals surface area contributed by atoms with E-state index in [1.54, 1.807) is 0 Å². The molecule has 2 fully saturated rings. The normalized spacial score (nSPS) is 30.0. The minimum absolute atomic E-state index is 0. The molecule has 4 atom stereocenters. The van der Waals surface area contributed by atoms with E-state index in [9.17, 15) is 4.79 Å². The first-order valence-corrected chi connectivity index (χ1v) is 8.61. The van der Waals surface area contributed by atoms with E-state index in [0.29, 0.717) is 18.0 Å². The number of carbonyl (C=O) groups excluding carboxylic acids is 1. The Morgan fingerprint density at radius 3 is 2.43 bits per heavy atom. The Labute approximate surface area is 136 Å². The molecule has 21 heavy (non-hydrogen) atoms. The van der Waals surface area contributed by atoms with Gasteiger partial charge in [0.1, 0.15) is 0 Å². The Balaban J connectivity index is 0.00000220. The molecule has 2 aliphatic rings. The Bertz CT molecular complexity index is 318. The second-order valence-electron chi connectivity index (χ2n) is 7.13. The number of hydrogen-bond acceptors (Lipinski definition) is 2. The van der Waals surface area contributed by atoms with Crippen LogP contribution in [-0.2, 0) is 4.79 Å². The molecule has 1 amide bonds. The number of rotatable bonds is 4. The Kier molecular flexibility index (Phi) is 8.04. The van der Waals surface area contributed by atoms with Crippen LogP contribution in [0.25, 0.3) is 0 Å². The average Bonchev–Trinajstić information content (AvgIpc) is 2.47. The maximum Gasteiger partial charge on any atom is 0.223 e. The minimum atomic E-state index is 0. The number of carbonyl (C=O) groups is 1. The lowest BCUT2D eigenvalue weighted by atomic mass is 9.78. The predicted molar refractivity (Wildman–Crippen MR) is 90.8 cm³/mol. The molecule has 0 spiro atoms. The Hall–Kier alpha value is -0.280. The van der Waals surface area contributed by atoms with E-state index in [-0.39, 0.29) is 24.2 Å². The SMILES string of the molecule is CC(NC(=O)[C@H]1CCN[C@@H](C)C1)C(C)C1CCCCC1.Cl. The fourth-order valence-corrected chi connectivity index (χ4v) is 3.91. The smallest absolute Gasteiger partial charge is 0.223 e. The first kappa shape index (κ1) is 18.8. The van der Waals surface area contributed by atoms with Gasteiger partial charge in [-0.15, -0.1) is 12.4 Å². The molecule has 3 nitrogen and oxygen atoms in total. The summed E-state index contributed by atoms with van der Waals surface area (Å²) in [5.74, 6) is 1.92.